The molecule has 0 radical (unpaired) electrons. The number of nitrogens with one attached hydrogen (secondary N) is 1. The van der Waals surface area contributed by atoms with Crippen LogP contribution in [0.4, 0.5) is 6.01 Å². The number of hydrogen-bond donors (Lipinski definition) is 1. The zero-order chi connectivity index (χ0) is 12.2. The van der Waals surface area contributed by atoms with E-state index in [1.807, 2.05) is 30.5 Å². The number of nitrogens with zero attached hydrogens (tertiary/aromatic N) is 2. The monoisotopic (exact) mass is 241 g/mol. The van der Waals surface area contributed by atoms with Gasteiger partial charge in [0.1, 0.15) is 5.52 Å². The second kappa shape index (κ2) is 5.04. The molecule has 1 N–H and O–H groups in total. The molecule has 1 unspecified atom stereocenters. The van der Waals surface area contributed by atoms with Crippen molar-refractivity contribution in [2.45, 2.75) is 19.3 Å². The number of benzene rings is 1. The van der Waals surface area contributed by atoms with Crippen LogP contribution in [-0.4, -0.2) is 11.2 Å². The van der Waals surface area contributed by atoms with E-state index >= 15 is 0 Å². The zero-order valence-electron chi connectivity index (χ0n) is 10.0. The largest absolute Gasteiger partial charge is 0.422 e. The molecule has 1 aliphatic carbocycles. The highest BCUT2D eigenvalue weighted by Gasteiger charge is 2.07. The molecule has 3 rings (SSSR count). The minimum absolute atomic E-state index is 0.443. The quantitative estimate of drug-likeness (QED) is 0.507. The number of hydrazone groups is 1. The van der Waals surface area contributed by atoms with Gasteiger partial charge in [-0.2, -0.15) is 10.1 Å². The van der Waals surface area contributed by atoms with Crippen LogP contribution in [0.5, 0.6) is 0 Å². The van der Waals surface area contributed by atoms with E-state index in [0.29, 0.717) is 11.9 Å². The lowest BCUT2D eigenvalue weighted by molar-refractivity contribution is 0.612. The van der Waals surface area contributed by atoms with Crippen molar-refractivity contribution in [1.29, 1.82) is 0 Å². The van der Waals surface area contributed by atoms with Gasteiger partial charge in [-0.1, -0.05) is 24.3 Å². The first kappa shape index (κ1) is 11.0. The van der Waals surface area contributed by atoms with Gasteiger partial charge in [0.25, 0.3) is 0 Å². The highest BCUT2D eigenvalue weighted by Crippen LogP contribution is 2.19. The Bertz CT molecular complexity index is 552. The average Bonchev–Trinajstić information content (AvgIpc) is 2.82. The lowest BCUT2D eigenvalue weighted by atomic mass is 9.96. The molecule has 1 atom stereocenters. The van der Waals surface area contributed by atoms with Gasteiger partial charge in [0.05, 0.1) is 0 Å². The molecular weight excluding hydrogens is 226 g/mol. The summed E-state index contributed by atoms with van der Waals surface area (Å²) >= 11 is 0. The average molecular weight is 241 g/mol. The van der Waals surface area contributed by atoms with E-state index in [1.54, 1.807) is 0 Å². The van der Waals surface area contributed by atoms with E-state index in [2.05, 4.69) is 27.7 Å². The number of para-hydroxylation sites is 2. The Morgan fingerprint density at radius 3 is 3.11 bits per heavy atom. The van der Waals surface area contributed by atoms with Crippen LogP contribution in [0.2, 0.25) is 0 Å². The van der Waals surface area contributed by atoms with Gasteiger partial charge in [-0.05, 0) is 37.3 Å². The molecule has 1 heterocycles. The number of anilines is 1. The van der Waals surface area contributed by atoms with Crippen LogP contribution < -0.4 is 5.43 Å². The summed E-state index contributed by atoms with van der Waals surface area (Å²) in [5.41, 5.74) is 4.47. The summed E-state index contributed by atoms with van der Waals surface area (Å²) in [5, 5.41) is 4.20. The van der Waals surface area contributed by atoms with Crippen molar-refractivity contribution in [1.82, 2.24) is 4.98 Å². The summed E-state index contributed by atoms with van der Waals surface area (Å²) in [5.74, 6) is 0.520. The molecule has 0 saturated heterocycles. The van der Waals surface area contributed by atoms with Gasteiger partial charge in [0, 0.05) is 6.21 Å². The van der Waals surface area contributed by atoms with Gasteiger partial charge in [0.2, 0.25) is 0 Å². The lowest BCUT2D eigenvalue weighted by Gasteiger charge is -2.11. The van der Waals surface area contributed by atoms with E-state index in [9.17, 15) is 0 Å². The molecule has 0 amide bonds. The van der Waals surface area contributed by atoms with Crippen molar-refractivity contribution in [2.75, 3.05) is 5.43 Å². The summed E-state index contributed by atoms with van der Waals surface area (Å²) in [4.78, 5) is 4.29. The standard InChI is InChI=1S/C14H15N3O/c1-2-6-11(7-3-1)10-15-17-14-16-12-8-4-5-9-13(12)18-14/h1-2,4-5,8-11H,3,6-7H2,(H,16,17). The summed E-state index contributed by atoms with van der Waals surface area (Å²) in [6.07, 6.45) is 9.74. The molecule has 4 heteroatoms. The van der Waals surface area contributed by atoms with Gasteiger partial charge in [-0.15, -0.1) is 0 Å². The van der Waals surface area contributed by atoms with Crippen LogP contribution in [0.3, 0.4) is 0 Å². The Hall–Kier alpha value is -2.10. The van der Waals surface area contributed by atoms with Gasteiger partial charge in [0.15, 0.2) is 5.58 Å². The summed E-state index contributed by atoms with van der Waals surface area (Å²) in [6, 6.07) is 8.11. The predicted octanol–water partition coefficient (Wildman–Crippen LogP) is 3.58. The second-order valence-corrected chi connectivity index (χ2v) is 4.42. The SMILES string of the molecule is C1=CCC(C=NNc2nc3ccccc3o2)CC1. The first-order valence-electron chi connectivity index (χ1n) is 6.21. The van der Waals surface area contributed by atoms with Crippen molar-refractivity contribution in [2.24, 2.45) is 11.0 Å². The predicted molar refractivity (Wildman–Crippen MR) is 72.6 cm³/mol. The summed E-state index contributed by atoms with van der Waals surface area (Å²) in [7, 11) is 0. The van der Waals surface area contributed by atoms with Crippen LogP contribution in [0.15, 0.2) is 45.9 Å². The van der Waals surface area contributed by atoms with Crippen LogP contribution >= 0.6 is 0 Å². The minimum Gasteiger partial charge on any atom is -0.422 e. The summed E-state index contributed by atoms with van der Waals surface area (Å²) < 4.78 is 5.51. The molecule has 0 saturated carbocycles. The van der Waals surface area contributed by atoms with E-state index in [4.69, 9.17) is 4.42 Å². The van der Waals surface area contributed by atoms with Gasteiger partial charge in [-0.3, -0.25) is 0 Å². The zero-order valence-corrected chi connectivity index (χ0v) is 10.0. The molecule has 0 bridgehead atoms. The van der Waals surface area contributed by atoms with Crippen molar-refractivity contribution in [3.05, 3.63) is 36.4 Å². The maximum Gasteiger partial charge on any atom is 0.316 e. The Labute approximate surface area is 105 Å². The van der Waals surface area contributed by atoms with Crippen LogP contribution in [0.1, 0.15) is 19.3 Å². The highest BCUT2D eigenvalue weighted by molar-refractivity contribution is 5.74. The van der Waals surface area contributed by atoms with Crippen molar-refractivity contribution >= 4 is 23.3 Å². The van der Waals surface area contributed by atoms with Gasteiger partial charge >= 0.3 is 6.01 Å². The van der Waals surface area contributed by atoms with Crippen LogP contribution in [0, 0.1) is 5.92 Å². The van der Waals surface area contributed by atoms with Crippen molar-refractivity contribution in [3.8, 4) is 0 Å². The first-order chi connectivity index (χ1) is 8.92. The third-order valence-corrected chi connectivity index (χ3v) is 3.05. The Morgan fingerprint density at radius 2 is 2.28 bits per heavy atom. The highest BCUT2D eigenvalue weighted by atomic mass is 16.4. The molecule has 4 nitrogen and oxygen atoms in total. The minimum atomic E-state index is 0.443. The molecular formula is C14H15N3O. The summed E-state index contributed by atoms with van der Waals surface area (Å²) in [6.45, 7) is 0. The van der Waals surface area contributed by atoms with E-state index in [-0.39, 0.29) is 0 Å². The number of rotatable bonds is 3. The van der Waals surface area contributed by atoms with Crippen molar-refractivity contribution < 1.29 is 4.42 Å². The lowest BCUT2D eigenvalue weighted by Crippen LogP contribution is -2.05. The number of fused-ring (bicyclic) bond motifs is 1. The maximum atomic E-state index is 5.51. The third-order valence-electron chi connectivity index (χ3n) is 3.05. The van der Waals surface area contributed by atoms with Crippen LogP contribution in [-0.2, 0) is 0 Å². The van der Waals surface area contributed by atoms with Gasteiger partial charge < -0.3 is 4.42 Å². The maximum absolute atomic E-state index is 5.51. The van der Waals surface area contributed by atoms with Crippen LogP contribution in [0.25, 0.3) is 11.1 Å². The molecule has 1 aliphatic rings. The molecule has 92 valence electrons. The van der Waals surface area contributed by atoms with E-state index < -0.39 is 0 Å². The van der Waals surface area contributed by atoms with Gasteiger partial charge in [-0.25, -0.2) is 5.43 Å². The normalized spacial score (nSPS) is 19.7. The van der Waals surface area contributed by atoms with E-state index in [0.717, 1.165) is 30.4 Å². The molecule has 0 aliphatic heterocycles. The molecule has 0 fully saturated rings. The number of allylic oxidation sites excluding steroid dienone is 2. The topological polar surface area (TPSA) is 50.4 Å². The molecule has 18 heavy (non-hydrogen) atoms. The first-order valence-corrected chi connectivity index (χ1v) is 6.21. The Morgan fingerprint density at radius 1 is 1.33 bits per heavy atom. The third kappa shape index (κ3) is 2.42. The molecule has 0 spiro atoms. The fourth-order valence-electron chi connectivity index (χ4n) is 2.07. The molecule has 1 aromatic carbocycles. The van der Waals surface area contributed by atoms with E-state index in [1.165, 1.54) is 0 Å². The second-order valence-electron chi connectivity index (χ2n) is 4.42. The fourth-order valence-corrected chi connectivity index (χ4v) is 2.07. The number of aromatic nitrogens is 1. The Balaban J connectivity index is 1.65. The number of hydrogen-bond acceptors (Lipinski definition) is 4. The number of oxazole rings is 1. The van der Waals surface area contributed by atoms with Crippen molar-refractivity contribution in [3.63, 3.8) is 0 Å². The Kier molecular flexibility index (Phi) is 3.08. The fraction of sp³-hybridized carbons (Fsp3) is 0.286. The molecule has 2 aromatic rings. The smallest absolute Gasteiger partial charge is 0.316 e. The molecule has 1 aromatic heterocycles.